The summed E-state index contributed by atoms with van der Waals surface area (Å²) in [6.07, 6.45) is 0.955. The second kappa shape index (κ2) is 6.72. The lowest BCUT2D eigenvalue weighted by molar-refractivity contribution is -0.129. The highest BCUT2D eigenvalue weighted by Crippen LogP contribution is 2.20. The zero-order valence-electron chi connectivity index (χ0n) is 12.7. The number of aromatic nitrogens is 1. The van der Waals surface area contributed by atoms with Crippen molar-refractivity contribution >= 4 is 15.9 Å². The van der Waals surface area contributed by atoms with Crippen LogP contribution in [0.4, 0.5) is 0 Å². The molecule has 0 unspecified atom stereocenters. The molecular formula is C14H21N3O4S. The quantitative estimate of drug-likeness (QED) is 0.775. The van der Waals surface area contributed by atoms with Crippen molar-refractivity contribution in [3.05, 3.63) is 30.1 Å². The minimum Gasteiger partial charge on any atom is -0.391 e. The fraction of sp³-hybridized carbons (Fsp3) is 0.571. The van der Waals surface area contributed by atoms with Crippen molar-refractivity contribution in [2.24, 2.45) is 5.92 Å². The second-order valence-corrected chi connectivity index (χ2v) is 7.91. The molecule has 2 atom stereocenters. The maximum absolute atomic E-state index is 12.2. The maximum atomic E-state index is 12.2. The third-order valence-electron chi connectivity index (χ3n) is 3.80. The first kappa shape index (κ1) is 16.9. The minimum absolute atomic E-state index is 0.150. The fourth-order valence-corrected chi connectivity index (χ4v) is 3.58. The van der Waals surface area contributed by atoms with Crippen LogP contribution >= 0.6 is 0 Å². The van der Waals surface area contributed by atoms with E-state index in [9.17, 15) is 18.3 Å². The lowest BCUT2D eigenvalue weighted by Crippen LogP contribution is -2.34. The Hall–Kier alpha value is -1.51. The number of carbonyl (C=O) groups is 1. The van der Waals surface area contributed by atoms with Crippen LogP contribution in [-0.4, -0.2) is 72.7 Å². The van der Waals surface area contributed by atoms with Gasteiger partial charge in [0.15, 0.2) is 0 Å². The first-order chi connectivity index (χ1) is 10.3. The summed E-state index contributed by atoms with van der Waals surface area (Å²) in [5, 5.41) is 10.0. The Bertz CT molecular complexity index is 618. The van der Waals surface area contributed by atoms with Gasteiger partial charge >= 0.3 is 0 Å². The SMILES string of the molecule is CN(C)S(=O)(=O)C[C@@H]1CN(C(=O)Cc2ccccn2)C[C@@H]1O. The van der Waals surface area contributed by atoms with E-state index in [0.717, 1.165) is 4.31 Å². The molecule has 1 fully saturated rings. The summed E-state index contributed by atoms with van der Waals surface area (Å²) >= 11 is 0. The molecule has 2 heterocycles. The lowest BCUT2D eigenvalue weighted by Gasteiger charge is -2.18. The number of sulfonamides is 1. The molecule has 0 aromatic carbocycles. The van der Waals surface area contributed by atoms with Crippen molar-refractivity contribution in [2.75, 3.05) is 32.9 Å². The van der Waals surface area contributed by atoms with Gasteiger partial charge in [0.25, 0.3) is 0 Å². The van der Waals surface area contributed by atoms with Crippen LogP contribution < -0.4 is 0 Å². The number of β-amino-alcohol motifs (C(OH)–C–C–N with tert-alkyl or cyclic N) is 1. The first-order valence-corrected chi connectivity index (χ1v) is 8.66. The lowest BCUT2D eigenvalue weighted by atomic mass is 10.1. The Balaban J connectivity index is 1.97. The van der Waals surface area contributed by atoms with Gasteiger partial charge in [0.1, 0.15) is 0 Å². The molecule has 0 saturated carbocycles. The number of hydrogen-bond donors (Lipinski definition) is 1. The molecule has 0 radical (unpaired) electrons. The van der Waals surface area contributed by atoms with Crippen molar-refractivity contribution in [3.63, 3.8) is 0 Å². The smallest absolute Gasteiger partial charge is 0.228 e. The summed E-state index contributed by atoms with van der Waals surface area (Å²) in [6.45, 7) is 0.416. The average Bonchev–Trinajstić information content (AvgIpc) is 2.80. The summed E-state index contributed by atoms with van der Waals surface area (Å²) in [4.78, 5) is 17.8. The van der Waals surface area contributed by atoms with Gasteiger partial charge in [0.05, 0.1) is 18.3 Å². The van der Waals surface area contributed by atoms with Crippen molar-refractivity contribution < 1.29 is 18.3 Å². The Morgan fingerprint density at radius 3 is 2.73 bits per heavy atom. The normalized spacial score (nSPS) is 22.3. The molecule has 1 amide bonds. The summed E-state index contributed by atoms with van der Waals surface area (Å²) in [6, 6.07) is 5.34. The van der Waals surface area contributed by atoms with E-state index in [1.165, 1.54) is 19.0 Å². The van der Waals surface area contributed by atoms with E-state index in [4.69, 9.17) is 0 Å². The summed E-state index contributed by atoms with van der Waals surface area (Å²) in [5.74, 6) is -0.767. The molecule has 22 heavy (non-hydrogen) atoms. The molecule has 7 nitrogen and oxygen atoms in total. The Labute approximate surface area is 130 Å². The number of carbonyl (C=O) groups excluding carboxylic acids is 1. The minimum atomic E-state index is -3.40. The Morgan fingerprint density at radius 1 is 1.41 bits per heavy atom. The van der Waals surface area contributed by atoms with E-state index in [2.05, 4.69) is 4.98 Å². The number of aliphatic hydroxyl groups excluding tert-OH is 1. The molecule has 2 rings (SSSR count). The zero-order valence-corrected chi connectivity index (χ0v) is 13.5. The van der Waals surface area contributed by atoms with Gasteiger partial charge in [0.2, 0.25) is 15.9 Å². The van der Waals surface area contributed by atoms with Crippen molar-refractivity contribution in [3.8, 4) is 0 Å². The number of likely N-dealkylation sites (tertiary alicyclic amines) is 1. The van der Waals surface area contributed by atoms with Crippen LogP contribution in [0.2, 0.25) is 0 Å². The van der Waals surface area contributed by atoms with Crippen molar-refractivity contribution in [2.45, 2.75) is 12.5 Å². The second-order valence-electron chi connectivity index (χ2n) is 5.68. The summed E-state index contributed by atoms with van der Waals surface area (Å²) in [5.41, 5.74) is 0.659. The zero-order chi connectivity index (χ0) is 16.3. The summed E-state index contributed by atoms with van der Waals surface area (Å²) in [7, 11) is -0.482. The average molecular weight is 327 g/mol. The molecule has 1 saturated heterocycles. The number of amides is 1. The van der Waals surface area contributed by atoms with Gasteiger partial charge in [-0.1, -0.05) is 6.07 Å². The molecule has 0 aliphatic carbocycles. The van der Waals surface area contributed by atoms with Crippen LogP contribution in [0.1, 0.15) is 5.69 Å². The highest BCUT2D eigenvalue weighted by atomic mass is 32.2. The van der Waals surface area contributed by atoms with Gasteiger partial charge in [-0.25, -0.2) is 12.7 Å². The van der Waals surface area contributed by atoms with Gasteiger partial charge in [-0.2, -0.15) is 0 Å². The van der Waals surface area contributed by atoms with E-state index in [1.807, 2.05) is 0 Å². The largest absolute Gasteiger partial charge is 0.391 e. The molecule has 8 heteroatoms. The van der Waals surface area contributed by atoms with Crippen LogP contribution in [0.5, 0.6) is 0 Å². The van der Waals surface area contributed by atoms with E-state index < -0.39 is 22.0 Å². The molecule has 1 N–H and O–H groups in total. The van der Waals surface area contributed by atoms with Gasteiger partial charge in [-0.05, 0) is 12.1 Å². The number of hydrogen-bond acceptors (Lipinski definition) is 5. The fourth-order valence-electron chi connectivity index (χ4n) is 2.41. The monoisotopic (exact) mass is 327 g/mol. The van der Waals surface area contributed by atoms with Crippen LogP contribution in [0.25, 0.3) is 0 Å². The number of nitrogens with zero attached hydrogens (tertiary/aromatic N) is 3. The van der Waals surface area contributed by atoms with Gasteiger partial charge in [-0.3, -0.25) is 9.78 Å². The van der Waals surface area contributed by atoms with Crippen LogP contribution in [0.15, 0.2) is 24.4 Å². The molecule has 0 spiro atoms. The topological polar surface area (TPSA) is 90.8 Å². The van der Waals surface area contributed by atoms with E-state index >= 15 is 0 Å². The molecule has 1 aromatic rings. The number of pyridine rings is 1. The number of rotatable bonds is 5. The highest BCUT2D eigenvalue weighted by Gasteiger charge is 2.37. The van der Waals surface area contributed by atoms with Crippen molar-refractivity contribution in [1.29, 1.82) is 0 Å². The molecule has 0 bridgehead atoms. The van der Waals surface area contributed by atoms with Crippen molar-refractivity contribution in [1.82, 2.24) is 14.2 Å². The Kier molecular flexibility index (Phi) is 5.15. The van der Waals surface area contributed by atoms with E-state index in [-0.39, 0.29) is 31.2 Å². The molecule has 1 aromatic heterocycles. The molecule has 1 aliphatic rings. The standard InChI is InChI=1S/C14H21N3O4S/c1-16(2)22(20,21)10-11-8-17(9-13(11)18)14(19)7-12-5-3-4-6-15-12/h3-6,11,13,18H,7-10H2,1-2H3/t11-,13-/m0/s1. The van der Waals surface area contributed by atoms with Crippen LogP contribution in [-0.2, 0) is 21.2 Å². The van der Waals surface area contributed by atoms with Crippen LogP contribution in [0.3, 0.4) is 0 Å². The van der Waals surface area contributed by atoms with Gasteiger partial charge in [-0.15, -0.1) is 0 Å². The third-order valence-corrected chi connectivity index (χ3v) is 5.76. The van der Waals surface area contributed by atoms with Crippen LogP contribution in [0, 0.1) is 5.92 Å². The number of aliphatic hydroxyl groups is 1. The first-order valence-electron chi connectivity index (χ1n) is 7.05. The third kappa shape index (κ3) is 4.02. The maximum Gasteiger partial charge on any atom is 0.228 e. The summed E-state index contributed by atoms with van der Waals surface area (Å²) < 4.78 is 24.9. The van der Waals surface area contributed by atoms with E-state index in [0.29, 0.717) is 5.69 Å². The van der Waals surface area contributed by atoms with Gasteiger partial charge in [0, 0.05) is 45.0 Å². The molecular weight excluding hydrogens is 306 g/mol. The van der Waals surface area contributed by atoms with E-state index in [1.54, 1.807) is 24.4 Å². The Morgan fingerprint density at radius 2 is 2.14 bits per heavy atom. The predicted molar refractivity (Wildman–Crippen MR) is 81.5 cm³/mol. The predicted octanol–water partition coefficient (Wildman–Crippen LogP) is -0.665. The highest BCUT2D eigenvalue weighted by molar-refractivity contribution is 7.89. The molecule has 1 aliphatic heterocycles. The molecule has 122 valence electrons. The van der Waals surface area contributed by atoms with Gasteiger partial charge < -0.3 is 10.0 Å².